The van der Waals surface area contributed by atoms with Crippen molar-refractivity contribution in [1.82, 2.24) is 5.32 Å². The van der Waals surface area contributed by atoms with Crippen molar-refractivity contribution < 1.29 is 4.79 Å². The molecule has 0 saturated heterocycles. The molecule has 17 heavy (non-hydrogen) atoms. The lowest BCUT2D eigenvalue weighted by molar-refractivity contribution is -0.123. The highest BCUT2D eigenvalue weighted by Crippen LogP contribution is 2.09. The number of carbonyl (C=O) groups is 1. The van der Waals surface area contributed by atoms with Crippen LogP contribution in [-0.2, 0) is 11.2 Å². The monoisotopic (exact) mass is 254 g/mol. The second-order valence-electron chi connectivity index (χ2n) is 4.98. The summed E-state index contributed by atoms with van der Waals surface area (Å²) in [6.45, 7) is 6.15. The normalized spacial score (nSPS) is 14.6. The zero-order chi connectivity index (χ0) is 12.8. The SMILES string of the molecule is CC(C)C[C@H](N)C(=O)NC(C)Cc1ccsc1. The molecule has 0 bridgehead atoms. The van der Waals surface area contributed by atoms with Crippen molar-refractivity contribution in [2.75, 3.05) is 0 Å². The number of nitrogens with two attached hydrogens (primary N) is 1. The Morgan fingerprint density at radius 3 is 2.71 bits per heavy atom. The van der Waals surface area contributed by atoms with Crippen molar-refractivity contribution in [3.8, 4) is 0 Å². The van der Waals surface area contributed by atoms with E-state index in [2.05, 4.69) is 30.6 Å². The molecule has 0 aliphatic carbocycles. The molecule has 1 aromatic heterocycles. The van der Waals surface area contributed by atoms with Crippen LogP contribution in [0.3, 0.4) is 0 Å². The number of hydrogen-bond acceptors (Lipinski definition) is 3. The van der Waals surface area contributed by atoms with Crippen LogP contribution >= 0.6 is 11.3 Å². The van der Waals surface area contributed by atoms with Crippen LogP contribution < -0.4 is 11.1 Å². The molecule has 0 aromatic carbocycles. The van der Waals surface area contributed by atoms with E-state index in [1.807, 2.05) is 12.3 Å². The standard InChI is InChI=1S/C13H22N2OS/c1-9(2)6-12(14)13(16)15-10(3)7-11-4-5-17-8-11/h4-5,8-10,12H,6-7,14H2,1-3H3,(H,15,16)/t10?,12-/m0/s1. The van der Waals surface area contributed by atoms with E-state index >= 15 is 0 Å². The predicted molar refractivity (Wildman–Crippen MR) is 73.1 cm³/mol. The quantitative estimate of drug-likeness (QED) is 0.817. The molecule has 0 radical (unpaired) electrons. The minimum Gasteiger partial charge on any atom is -0.352 e. The van der Waals surface area contributed by atoms with Gasteiger partial charge in [-0.05, 0) is 48.1 Å². The molecule has 1 rings (SSSR count). The third-order valence-corrected chi connectivity index (χ3v) is 3.30. The van der Waals surface area contributed by atoms with Crippen molar-refractivity contribution in [3.05, 3.63) is 22.4 Å². The van der Waals surface area contributed by atoms with Gasteiger partial charge in [-0.2, -0.15) is 11.3 Å². The second kappa shape index (κ2) is 6.77. The lowest BCUT2D eigenvalue weighted by Crippen LogP contribution is -2.45. The van der Waals surface area contributed by atoms with Gasteiger partial charge in [0.05, 0.1) is 6.04 Å². The first-order chi connectivity index (χ1) is 7.99. The summed E-state index contributed by atoms with van der Waals surface area (Å²) in [7, 11) is 0. The summed E-state index contributed by atoms with van der Waals surface area (Å²) < 4.78 is 0. The van der Waals surface area contributed by atoms with Gasteiger partial charge in [-0.15, -0.1) is 0 Å². The Balaban J connectivity index is 2.35. The molecule has 0 fully saturated rings. The van der Waals surface area contributed by atoms with Crippen molar-refractivity contribution >= 4 is 17.2 Å². The molecule has 1 amide bonds. The molecule has 1 aromatic rings. The highest BCUT2D eigenvalue weighted by molar-refractivity contribution is 7.07. The number of rotatable bonds is 6. The minimum atomic E-state index is -0.389. The van der Waals surface area contributed by atoms with Gasteiger partial charge in [-0.25, -0.2) is 0 Å². The van der Waals surface area contributed by atoms with Gasteiger partial charge in [-0.3, -0.25) is 4.79 Å². The van der Waals surface area contributed by atoms with Gasteiger partial charge in [0.15, 0.2) is 0 Å². The summed E-state index contributed by atoms with van der Waals surface area (Å²) in [4.78, 5) is 11.8. The van der Waals surface area contributed by atoms with Crippen LogP contribution in [0.5, 0.6) is 0 Å². The Morgan fingerprint density at radius 2 is 2.18 bits per heavy atom. The average molecular weight is 254 g/mol. The first kappa shape index (κ1) is 14.2. The summed E-state index contributed by atoms with van der Waals surface area (Å²) >= 11 is 1.68. The fourth-order valence-corrected chi connectivity index (χ4v) is 2.46. The van der Waals surface area contributed by atoms with Crippen LogP contribution in [0.1, 0.15) is 32.8 Å². The molecule has 1 unspecified atom stereocenters. The molecular formula is C13H22N2OS. The molecule has 3 nitrogen and oxygen atoms in total. The first-order valence-corrected chi connectivity index (χ1v) is 7.00. The van der Waals surface area contributed by atoms with Gasteiger partial charge in [0.2, 0.25) is 5.91 Å². The lowest BCUT2D eigenvalue weighted by Gasteiger charge is -2.18. The third kappa shape index (κ3) is 5.33. The average Bonchev–Trinajstić information content (AvgIpc) is 2.68. The van der Waals surface area contributed by atoms with Gasteiger partial charge < -0.3 is 11.1 Å². The molecule has 96 valence electrons. The maximum atomic E-state index is 11.8. The van der Waals surface area contributed by atoms with Crippen molar-refractivity contribution in [2.24, 2.45) is 11.7 Å². The van der Waals surface area contributed by atoms with Crippen molar-refractivity contribution in [1.29, 1.82) is 0 Å². The van der Waals surface area contributed by atoms with E-state index in [4.69, 9.17) is 5.73 Å². The van der Waals surface area contributed by atoms with Gasteiger partial charge in [-0.1, -0.05) is 13.8 Å². The topological polar surface area (TPSA) is 55.1 Å². The smallest absolute Gasteiger partial charge is 0.237 e. The van der Waals surface area contributed by atoms with E-state index < -0.39 is 0 Å². The van der Waals surface area contributed by atoms with Crippen molar-refractivity contribution in [3.63, 3.8) is 0 Å². The molecule has 0 aliphatic heterocycles. The largest absolute Gasteiger partial charge is 0.352 e. The summed E-state index contributed by atoms with van der Waals surface area (Å²) in [6, 6.07) is 1.83. The Bertz CT molecular complexity index is 335. The highest BCUT2D eigenvalue weighted by Gasteiger charge is 2.16. The van der Waals surface area contributed by atoms with Gasteiger partial charge in [0.1, 0.15) is 0 Å². The molecule has 3 N–H and O–H groups in total. The second-order valence-corrected chi connectivity index (χ2v) is 5.76. The Kier molecular flexibility index (Phi) is 5.65. The van der Waals surface area contributed by atoms with Gasteiger partial charge >= 0.3 is 0 Å². The lowest BCUT2D eigenvalue weighted by atomic mass is 10.0. The molecule has 1 heterocycles. The van der Waals surface area contributed by atoms with E-state index in [0.29, 0.717) is 5.92 Å². The van der Waals surface area contributed by atoms with Crippen LogP contribution in [0.2, 0.25) is 0 Å². The molecule has 2 atom stereocenters. The van der Waals surface area contributed by atoms with Gasteiger partial charge in [0.25, 0.3) is 0 Å². The zero-order valence-corrected chi connectivity index (χ0v) is 11.6. The number of thiophene rings is 1. The molecule has 0 spiro atoms. The minimum absolute atomic E-state index is 0.0403. The molecule has 0 saturated carbocycles. The predicted octanol–water partition coefficient (Wildman–Crippen LogP) is 2.17. The van der Waals surface area contributed by atoms with Crippen LogP contribution in [0.25, 0.3) is 0 Å². The number of amides is 1. The Labute approximate surface area is 107 Å². The van der Waals surface area contributed by atoms with E-state index in [9.17, 15) is 4.79 Å². The highest BCUT2D eigenvalue weighted by atomic mass is 32.1. The van der Waals surface area contributed by atoms with Gasteiger partial charge in [0, 0.05) is 6.04 Å². The van der Waals surface area contributed by atoms with E-state index in [1.54, 1.807) is 11.3 Å². The maximum Gasteiger partial charge on any atom is 0.237 e. The van der Waals surface area contributed by atoms with E-state index in [1.165, 1.54) is 5.56 Å². The fraction of sp³-hybridized carbons (Fsp3) is 0.615. The van der Waals surface area contributed by atoms with E-state index in [-0.39, 0.29) is 18.0 Å². The van der Waals surface area contributed by atoms with Crippen molar-refractivity contribution in [2.45, 2.75) is 45.7 Å². The van der Waals surface area contributed by atoms with Crippen LogP contribution in [0.15, 0.2) is 16.8 Å². The Morgan fingerprint density at radius 1 is 1.47 bits per heavy atom. The van der Waals surface area contributed by atoms with Crippen LogP contribution in [0, 0.1) is 5.92 Å². The third-order valence-electron chi connectivity index (χ3n) is 2.57. The fourth-order valence-electron chi connectivity index (χ4n) is 1.78. The first-order valence-electron chi connectivity index (χ1n) is 6.06. The zero-order valence-electron chi connectivity index (χ0n) is 10.8. The summed E-state index contributed by atoms with van der Waals surface area (Å²) in [5.41, 5.74) is 7.09. The van der Waals surface area contributed by atoms with Crippen LogP contribution in [-0.4, -0.2) is 18.0 Å². The number of carbonyl (C=O) groups excluding carboxylic acids is 1. The maximum absolute atomic E-state index is 11.8. The summed E-state index contributed by atoms with van der Waals surface area (Å²) in [6.07, 6.45) is 1.60. The van der Waals surface area contributed by atoms with Crippen LogP contribution in [0.4, 0.5) is 0 Å². The summed E-state index contributed by atoms with van der Waals surface area (Å²) in [5, 5.41) is 7.12. The number of nitrogens with one attached hydrogen (secondary N) is 1. The summed E-state index contributed by atoms with van der Waals surface area (Å²) in [5.74, 6) is 0.407. The Hall–Kier alpha value is -0.870. The molecular weight excluding hydrogens is 232 g/mol. The molecule has 0 aliphatic rings. The molecule has 4 heteroatoms. The van der Waals surface area contributed by atoms with E-state index in [0.717, 1.165) is 12.8 Å². The number of hydrogen-bond donors (Lipinski definition) is 2.